The number of benzene rings is 1. The molecule has 1 aliphatic heterocycles. The molecule has 1 saturated heterocycles. The first-order chi connectivity index (χ1) is 10.1. The number of carbonyl (C=O) groups is 2. The minimum Gasteiger partial charge on any atom is -0.274 e. The molecule has 5 rings (SSSR count). The number of imide groups is 1. The summed E-state index contributed by atoms with van der Waals surface area (Å²) in [5, 5.41) is 0. The van der Waals surface area contributed by atoms with Gasteiger partial charge in [-0.1, -0.05) is 30.4 Å². The first-order valence-electron chi connectivity index (χ1n) is 7.72. The summed E-state index contributed by atoms with van der Waals surface area (Å²) in [6.07, 6.45) is 6.41. The number of fused-ring (bicyclic) bond motifs is 1. The Balaban J connectivity index is 1.83. The Labute approximate surface area is 124 Å². The molecule has 1 heterocycles. The fourth-order valence-electron chi connectivity index (χ4n) is 4.45. The van der Waals surface area contributed by atoms with E-state index in [0.29, 0.717) is 0 Å². The molecule has 0 radical (unpaired) electrons. The summed E-state index contributed by atoms with van der Waals surface area (Å²) in [5.74, 6) is 0.292. The third-order valence-corrected chi connectivity index (χ3v) is 5.42. The molecule has 3 aliphatic carbocycles. The van der Waals surface area contributed by atoms with Crippen molar-refractivity contribution in [3.05, 3.63) is 41.5 Å². The molecule has 1 aromatic carbocycles. The predicted molar refractivity (Wildman–Crippen MR) is 80.7 cm³/mol. The second-order valence-electron chi connectivity index (χ2n) is 6.59. The van der Waals surface area contributed by atoms with Gasteiger partial charge >= 0.3 is 0 Å². The molecule has 3 nitrogen and oxygen atoms in total. The summed E-state index contributed by atoms with van der Waals surface area (Å²) in [6.45, 7) is 3.94. The number of rotatable bonds is 1. The summed E-state index contributed by atoms with van der Waals surface area (Å²) in [6, 6.07) is 5.91. The van der Waals surface area contributed by atoms with Gasteiger partial charge in [0, 0.05) is 0 Å². The van der Waals surface area contributed by atoms with E-state index in [-0.39, 0.29) is 35.5 Å². The lowest BCUT2D eigenvalue weighted by Crippen LogP contribution is -2.38. The lowest BCUT2D eigenvalue weighted by Gasteiger charge is -2.38. The maximum Gasteiger partial charge on any atom is 0.238 e. The van der Waals surface area contributed by atoms with Gasteiger partial charge < -0.3 is 0 Å². The summed E-state index contributed by atoms with van der Waals surface area (Å²) in [4.78, 5) is 27.3. The maximum atomic E-state index is 12.9. The van der Waals surface area contributed by atoms with Crippen LogP contribution in [0.5, 0.6) is 0 Å². The minimum absolute atomic E-state index is 0.0152. The summed E-state index contributed by atoms with van der Waals surface area (Å²) in [7, 11) is 0. The van der Waals surface area contributed by atoms with Crippen LogP contribution in [-0.4, -0.2) is 11.8 Å². The molecule has 0 aromatic heterocycles. The van der Waals surface area contributed by atoms with Gasteiger partial charge in [0.15, 0.2) is 0 Å². The van der Waals surface area contributed by atoms with Gasteiger partial charge in [0.2, 0.25) is 11.8 Å². The van der Waals surface area contributed by atoms with E-state index in [1.807, 2.05) is 32.0 Å². The van der Waals surface area contributed by atoms with Crippen LogP contribution in [-0.2, 0) is 9.59 Å². The number of aryl methyl sites for hydroxylation is 2. The number of allylic oxidation sites excluding steroid dienone is 2. The van der Waals surface area contributed by atoms with E-state index in [1.165, 1.54) is 4.90 Å². The maximum absolute atomic E-state index is 12.9. The van der Waals surface area contributed by atoms with E-state index < -0.39 is 0 Å². The predicted octanol–water partition coefficient (Wildman–Crippen LogP) is 3.01. The zero-order valence-corrected chi connectivity index (χ0v) is 12.4. The molecule has 0 spiro atoms. The molecule has 3 heteroatoms. The number of hydrogen-bond donors (Lipinski definition) is 0. The van der Waals surface area contributed by atoms with Crippen molar-refractivity contribution < 1.29 is 9.59 Å². The largest absolute Gasteiger partial charge is 0.274 e. The third kappa shape index (κ3) is 1.60. The van der Waals surface area contributed by atoms with Crippen molar-refractivity contribution in [2.75, 3.05) is 4.90 Å². The van der Waals surface area contributed by atoms with Crippen LogP contribution in [0.1, 0.15) is 24.0 Å². The molecule has 1 aromatic rings. The van der Waals surface area contributed by atoms with Crippen LogP contribution in [0.15, 0.2) is 30.4 Å². The van der Waals surface area contributed by atoms with E-state index in [9.17, 15) is 9.59 Å². The molecule has 4 atom stereocenters. The highest BCUT2D eigenvalue weighted by atomic mass is 16.2. The van der Waals surface area contributed by atoms with Gasteiger partial charge in [-0.25, -0.2) is 4.90 Å². The van der Waals surface area contributed by atoms with Gasteiger partial charge in [0.25, 0.3) is 0 Å². The van der Waals surface area contributed by atoms with Crippen molar-refractivity contribution in [3.63, 3.8) is 0 Å². The molecule has 1 saturated carbocycles. The van der Waals surface area contributed by atoms with Crippen LogP contribution in [0, 0.1) is 37.5 Å². The van der Waals surface area contributed by atoms with Gasteiger partial charge in [0.1, 0.15) is 0 Å². The van der Waals surface area contributed by atoms with Crippen molar-refractivity contribution in [3.8, 4) is 0 Å². The molecule has 4 aliphatic rings. The number of anilines is 1. The molecule has 0 unspecified atom stereocenters. The Bertz CT molecular complexity index is 624. The van der Waals surface area contributed by atoms with Crippen LogP contribution in [0.25, 0.3) is 0 Å². The standard InChI is InChI=1S/C18H19NO2/c1-10-4-3-5-11(2)16(10)19-17(20)14-12-6-7-13(9-8-12)15(14)18(19)21/h3-7,12-15H,8-9H2,1-2H3/t12-,13+,14-,15+. The number of para-hydroxylation sites is 1. The van der Waals surface area contributed by atoms with Crippen molar-refractivity contribution in [2.45, 2.75) is 26.7 Å². The topological polar surface area (TPSA) is 37.4 Å². The second-order valence-corrected chi connectivity index (χ2v) is 6.59. The molecule has 2 fully saturated rings. The Morgan fingerprint density at radius 2 is 1.38 bits per heavy atom. The highest BCUT2D eigenvalue weighted by Crippen LogP contribution is 2.50. The van der Waals surface area contributed by atoms with Crippen molar-refractivity contribution in [1.29, 1.82) is 0 Å². The van der Waals surface area contributed by atoms with E-state index in [4.69, 9.17) is 0 Å². The van der Waals surface area contributed by atoms with Gasteiger partial charge in [-0.05, 0) is 49.7 Å². The van der Waals surface area contributed by atoms with E-state index in [0.717, 1.165) is 29.7 Å². The lowest BCUT2D eigenvalue weighted by atomic mass is 9.63. The van der Waals surface area contributed by atoms with Crippen molar-refractivity contribution in [1.82, 2.24) is 0 Å². The summed E-state index contributed by atoms with van der Waals surface area (Å²) in [5.41, 5.74) is 2.80. The number of nitrogens with zero attached hydrogens (tertiary/aromatic N) is 1. The molecule has 108 valence electrons. The first kappa shape index (κ1) is 12.8. The average molecular weight is 281 g/mol. The zero-order valence-electron chi connectivity index (χ0n) is 12.4. The Morgan fingerprint density at radius 1 is 0.905 bits per heavy atom. The Morgan fingerprint density at radius 3 is 1.81 bits per heavy atom. The number of carbonyl (C=O) groups excluding carboxylic acids is 2. The lowest BCUT2D eigenvalue weighted by molar-refractivity contribution is -0.124. The van der Waals surface area contributed by atoms with Crippen LogP contribution < -0.4 is 4.90 Å². The van der Waals surface area contributed by atoms with Crippen LogP contribution in [0.3, 0.4) is 0 Å². The zero-order chi connectivity index (χ0) is 14.7. The Kier molecular flexibility index (Phi) is 2.62. The monoisotopic (exact) mass is 281 g/mol. The highest BCUT2D eigenvalue weighted by molar-refractivity contribution is 6.23. The third-order valence-electron chi connectivity index (χ3n) is 5.42. The summed E-state index contributed by atoms with van der Waals surface area (Å²) >= 11 is 0. The average Bonchev–Trinajstić information content (AvgIpc) is 2.76. The van der Waals surface area contributed by atoms with Gasteiger partial charge in [-0.3, -0.25) is 9.59 Å². The van der Waals surface area contributed by atoms with Crippen LogP contribution in [0.2, 0.25) is 0 Å². The molecule has 2 amide bonds. The molecule has 21 heavy (non-hydrogen) atoms. The van der Waals surface area contributed by atoms with Crippen molar-refractivity contribution in [2.24, 2.45) is 23.7 Å². The van der Waals surface area contributed by atoms with Gasteiger partial charge in [-0.2, -0.15) is 0 Å². The summed E-state index contributed by atoms with van der Waals surface area (Å²) < 4.78 is 0. The van der Waals surface area contributed by atoms with Gasteiger partial charge in [-0.15, -0.1) is 0 Å². The molecular weight excluding hydrogens is 262 g/mol. The highest BCUT2D eigenvalue weighted by Gasteiger charge is 2.57. The molecule has 0 N–H and O–H groups in total. The van der Waals surface area contributed by atoms with Gasteiger partial charge in [0.05, 0.1) is 17.5 Å². The molecular formula is C18H19NO2. The second kappa shape index (κ2) is 4.30. The Hall–Kier alpha value is -1.90. The number of amides is 2. The quantitative estimate of drug-likeness (QED) is 0.586. The van der Waals surface area contributed by atoms with Crippen LogP contribution in [0.4, 0.5) is 5.69 Å². The van der Waals surface area contributed by atoms with E-state index in [1.54, 1.807) is 0 Å². The normalized spacial score (nSPS) is 33.7. The first-order valence-corrected chi connectivity index (χ1v) is 7.72. The molecule has 2 bridgehead atoms. The van der Waals surface area contributed by atoms with Crippen molar-refractivity contribution >= 4 is 17.5 Å². The van der Waals surface area contributed by atoms with Crippen LogP contribution >= 0.6 is 0 Å². The smallest absolute Gasteiger partial charge is 0.238 e. The number of hydrogen-bond acceptors (Lipinski definition) is 2. The SMILES string of the molecule is Cc1cccc(C)c1N1C(=O)[C@@H]2[C@H](C1=O)[C@@H]1C=C[C@H]2CC1. The fraction of sp³-hybridized carbons (Fsp3) is 0.444. The van der Waals surface area contributed by atoms with E-state index in [2.05, 4.69) is 12.2 Å². The van der Waals surface area contributed by atoms with E-state index >= 15 is 0 Å². The fourth-order valence-corrected chi connectivity index (χ4v) is 4.45. The minimum atomic E-state index is -0.125.